The summed E-state index contributed by atoms with van der Waals surface area (Å²) in [6.07, 6.45) is 0. The first kappa shape index (κ1) is 19.3. The van der Waals surface area contributed by atoms with Crippen LogP contribution in [0.1, 0.15) is 13.8 Å². The van der Waals surface area contributed by atoms with E-state index >= 15 is 0 Å². The highest BCUT2D eigenvalue weighted by atomic mass is 35.5. The fourth-order valence-electron chi connectivity index (χ4n) is 2.50. The van der Waals surface area contributed by atoms with Crippen molar-refractivity contribution in [1.82, 2.24) is 0 Å². The molecule has 27 heavy (non-hydrogen) atoms. The summed E-state index contributed by atoms with van der Waals surface area (Å²) in [4.78, 5) is 12.2. The Labute approximate surface area is 162 Å². The van der Waals surface area contributed by atoms with Crippen molar-refractivity contribution < 1.29 is 22.7 Å². The fourth-order valence-corrected chi connectivity index (χ4v) is 3.99. The van der Waals surface area contributed by atoms with Crippen molar-refractivity contribution in [1.29, 1.82) is 0 Å². The van der Waals surface area contributed by atoms with E-state index in [0.29, 0.717) is 11.4 Å². The Bertz CT molecular complexity index is 1000. The van der Waals surface area contributed by atoms with Gasteiger partial charge in [0.15, 0.2) is 0 Å². The van der Waals surface area contributed by atoms with E-state index in [1.54, 1.807) is 26.0 Å². The SMILES string of the molecule is COc1ccc(Cl)cc1S(=O)(=O)Nc1ccc2c(c1)NC(=O)C(C)(C)CO2. The number of sulfonamides is 1. The lowest BCUT2D eigenvalue weighted by Crippen LogP contribution is -2.33. The van der Waals surface area contributed by atoms with Gasteiger partial charge in [-0.1, -0.05) is 11.6 Å². The van der Waals surface area contributed by atoms with Crippen molar-refractivity contribution in [3.63, 3.8) is 0 Å². The standard InChI is InChI=1S/C18H19ClN2O5S/c1-18(2)10-26-14-7-5-12(9-13(14)20-17(18)22)21-27(23,24)16-8-11(19)4-6-15(16)25-3/h4-9,21H,10H2,1-3H3,(H,20,22). The maximum Gasteiger partial charge on any atom is 0.265 e. The average Bonchev–Trinajstić information content (AvgIpc) is 2.71. The van der Waals surface area contributed by atoms with Gasteiger partial charge in [0.05, 0.1) is 23.9 Å². The predicted molar refractivity (Wildman–Crippen MR) is 103 cm³/mol. The number of carbonyl (C=O) groups excluding carboxylic acids is 1. The molecule has 1 heterocycles. The summed E-state index contributed by atoms with van der Waals surface area (Å²) in [7, 11) is -2.59. The Morgan fingerprint density at radius 3 is 2.67 bits per heavy atom. The molecule has 0 fully saturated rings. The van der Waals surface area contributed by atoms with E-state index in [2.05, 4.69) is 10.0 Å². The van der Waals surface area contributed by atoms with Crippen molar-refractivity contribution in [2.75, 3.05) is 23.8 Å². The lowest BCUT2D eigenvalue weighted by atomic mass is 9.94. The summed E-state index contributed by atoms with van der Waals surface area (Å²) < 4.78 is 38.8. The lowest BCUT2D eigenvalue weighted by Gasteiger charge is -2.18. The topological polar surface area (TPSA) is 93.7 Å². The van der Waals surface area contributed by atoms with E-state index < -0.39 is 15.4 Å². The monoisotopic (exact) mass is 410 g/mol. The zero-order valence-electron chi connectivity index (χ0n) is 15.0. The Hall–Kier alpha value is -2.45. The van der Waals surface area contributed by atoms with Crippen LogP contribution in [0.2, 0.25) is 5.02 Å². The van der Waals surface area contributed by atoms with E-state index in [0.717, 1.165) is 0 Å². The number of carbonyl (C=O) groups is 1. The minimum atomic E-state index is -3.96. The number of fused-ring (bicyclic) bond motifs is 1. The predicted octanol–water partition coefficient (Wildman–Crippen LogP) is 3.51. The smallest absolute Gasteiger partial charge is 0.265 e. The molecule has 0 aromatic heterocycles. The molecular weight excluding hydrogens is 392 g/mol. The molecule has 0 spiro atoms. The van der Waals surface area contributed by atoms with Gasteiger partial charge in [-0.15, -0.1) is 0 Å². The minimum absolute atomic E-state index is 0.0890. The molecule has 1 aliphatic heterocycles. The van der Waals surface area contributed by atoms with Crippen LogP contribution in [0.25, 0.3) is 0 Å². The third kappa shape index (κ3) is 3.96. The first-order chi connectivity index (χ1) is 12.6. The van der Waals surface area contributed by atoms with Gasteiger partial charge in [0.2, 0.25) is 5.91 Å². The summed E-state index contributed by atoms with van der Waals surface area (Å²) in [5, 5.41) is 3.03. The van der Waals surface area contributed by atoms with Crippen molar-refractivity contribution in [3.05, 3.63) is 41.4 Å². The van der Waals surface area contributed by atoms with Crippen LogP contribution in [0, 0.1) is 5.41 Å². The molecule has 7 nitrogen and oxygen atoms in total. The summed E-state index contributed by atoms with van der Waals surface area (Å²) >= 11 is 5.93. The summed E-state index contributed by atoms with van der Waals surface area (Å²) in [6, 6.07) is 8.98. The van der Waals surface area contributed by atoms with Gasteiger partial charge in [0.1, 0.15) is 23.0 Å². The largest absolute Gasteiger partial charge is 0.495 e. The van der Waals surface area contributed by atoms with E-state index in [1.807, 2.05) is 0 Å². The van der Waals surface area contributed by atoms with Crippen molar-refractivity contribution >= 4 is 38.9 Å². The second-order valence-corrected chi connectivity index (χ2v) is 8.83. The number of methoxy groups -OCH3 is 1. The number of nitrogens with one attached hydrogen (secondary N) is 2. The number of halogens is 1. The third-order valence-corrected chi connectivity index (χ3v) is 5.74. The highest BCUT2D eigenvalue weighted by molar-refractivity contribution is 7.92. The Balaban J connectivity index is 1.94. The van der Waals surface area contributed by atoms with E-state index in [-0.39, 0.29) is 33.9 Å². The van der Waals surface area contributed by atoms with Crippen LogP contribution in [0.5, 0.6) is 11.5 Å². The van der Waals surface area contributed by atoms with Crippen LogP contribution >= 0.6 is 11.6 Å². The molecule has 0 saturated carbocycles. The van der Waals surface area contributed by atoms with Gasteiger partial charge < -0.3 is 14.8 Å². The highest BCUT2D eigenvalue weighted by Gasteiger charge is 2.32. The van der Waals surface area contributed by atoms with E-state index in [9.17, 15) is 13.2 Å². The van der Waals surface area contributed by atoms with Crippen LogP contribution < -0.4 is 19.5 Å². The molecule has 9 heteroatoms. The van der Waals surface area contributed by atoms with Crippen LogP contribution in [-0.2, 0) is 14.8 Å². The van der Waals surface area contributed by atoms with E-state index in [4.69, 9.17) is 21.1 Å². The number of hydrogen-bond acceptors (Lipinski definition) is 5. The first-order valence-corrected chi connectivity index (χ1v) is 9.93. The maximum absolute atomic E-state index is 12.8. The fraction of sp³-hybridized carbons (Fsp3) is 0.278. The van der Waals surface area contributed by atoms with Gasteiger partial charge >= 0.3 is 0 Å². The molecule has 1 amide bonds. The molecule has 0 bridgehead atoms. The van der Waals surface area contributed by atoms with Gasteiger partial charge in [-0.05, 0) is 50.2 Å². The molecule has 0 aliphatic carbocycles. The van der Waals surface area contributed by atoms with Crippen LogP contribution in [0.15, 0.2) is 41.3 Å². The van der Waals surface area contributed by atoms with Crippen molar-refractivity contribution in [2.24, 2.45) is 5.41 Å². The minimum Gasteiger partial charge on any atom is -0.495 e. The zero-order valence-corrected chi connectivity index (χ0v) is 16.6. The molecule has 0 unspecified atom stereocenters. The molecule has 2 N–H and O–H groups in total. The van der Waals surface area contributed by atoms with Crippen LogP contribution in [0.4, 0.5) is 11.4 Å². The molecule has 0 atom stereocenters. The van der Waals surface area contributed by atoms with Gasteiger partial charge in [0, 0.05) is 5.02 Å². The molecule has 2 aromatic carbocycles. The third-order valence-electron chi connectivity index (χ3n) is 4.10. The van der Waals surface area contributed by atoms with Crippen molar-refractivity contribution in [2.45, 2.75) is 18.7 Å². The number of anilines is 2. The Kier molecular flexibility index (Phi) is 4.96. The lowest BCUT2D eigenvalue weighted by molar-refractivity contribution is -0.124. The van der Waals surface area contributed by atoms with Gasteiger partial charge in [-0.2, -0.15) is 0 Å². The number of rotatable bonds is 4. The van der Waals surface area contributed by atoms with E-state index in [1.165, 1.54) is 31.4 Å². The van der Waals surface area contributed by atoms with Gasteiger partial charge in [-0.3, -0.25) is 9.52 Å². The molecule has 1 aliphatic rings. The van der Waals surface area contributed by atoms with Crippen molar-refractivity contribution in [3.8, 4) is 11.5 Å². The molecule has 2 aromatic rings. The Morgan fingerprint density at radius 1 is 1.22 bits per heavy atom. The number of ether oxygens (including phenoxy) is 2. The molecule has 144 valence electrons. The van der Waals surface area contributed by atoms with Gasteiger partial charge in [-0.25, -0.2) is 8.42 Å². The average molecular weight is 411 g/mol. The summed E-state index contributed by atoms with van der Waals surface area (Å²) in [5.74, 6) is 0.426. The second-order valence-electron chi connectivity index (χ2n) is 6.74. The first-order valence-electron chi connectivity index (χ1n) is 8.07. The number of benzene rings is 2. The molecule has 3 rings (SSSR count). The van der Waals surface area contributed by atoms with Crippen LogP contribution in [0.3, 0.4) is 0 Å². The molecule has 0 saturated heterocycles. The van der Waals surface area contributed by atoms with Crippen LogP contribution in [-0.4, -0.2) is 28.0 Å². The highest BCUT2D eigenvalue weighted by Crippen LogP contribution is 2.35. The number of amides is 1. The molecule has 0 radical (unpaired) electrons. The summed E-state index contributed by atoms with van der Waals surface area (Å²) in [5.41, 5.74) is -0.0458. The second kappa shape index (κ2) is 6.94. The summed E-state index contributed by atoms with van der Waals surface area (Å²) in [6.45, 7) is 3.75. The molecular formula is C18H19ClN2O5S. The quantitative estimate of drug-likeness (QED) is 0.804. The maximum atomic E-state index is 12.8. The van der Waals surface area contributed by atoms with Gasteiger partial charge in [0.25, 0.3) is 10.0 Å². The normalized spacial score (nSPS) is 15.8. The number of hydrogen-bond donors (Lipinski definition) is 2. The zero-order chi connectivity index (χ0) is 19.8. The Morgan fingerprint density at radius 2 is 1.96 bits per heavy atom.